The van der Waals surface area contributed by atoms with Crippen LogP contribution < -0.4 is 0 Å². The molecule has 2 rings (SSSR count). The van der Waals surface area contributed by atoms with Crippen molar-refractivity contribution < 1.29 is 9.90 Å². The van der Waals surface area contributed by atoms with E-state index in [1.807, 2.05) is 0 Å². The molecule has 1 spiro atoms. The first-order valence-electron chi connectivity index (χ1n) is 4.78. The number of rotatable bonds is 2. The summed E-state index contributed by atoms with van der Waals surface area (Å²) in [5, 5.41) is 8.78. The Balaban J connectivity index is 1.87. The van der Waals surface area contributed by atoms with Gasteiger partial charge >= 0.3 is 5.97 Å². The number of hydrogen-bond donors (Lipinski definition) is 1. The molecule has 0 aliphatic heterocycles. The molecule has 68 valence electrons. The van der Waals surface area contributed by atoms with Crippen LogP contribution >= 0.6 is 0 Å². The molecule has 0 amide bonds. The first-order valence-corrected chi connectivity index (χ1v) is 4.78. The Kier molecular flexibility index (Phi) is 1.51. The van der Waals surface area contributed by atoms with E-state index in [-0.39, 0.29) is 11.3 Å². The Morgan fingerprint density at radius 1 is 1.42 bits per heavy atom. The fraction of sp³-hybridized carbons (Fsp3) is 0.900. The van der Waals surface area contributed by atoms with Gasteiger partial charge in [0.05, 0.1) is 5.92 Å². The number of carboxylic acid groups (broad SMARTS) is 1. The Hall–Kier alpha value is -0.530. The highest BCUT2D eigenvalue weighted by Crippen LogP contribution is 2.68. The largest absolute Gasteiger partial charge is 0.481 e. The van der Waals surface area contributed by atoms with Crippen molar-refractivity contribution in [2.24, 2.45) is 23.2 Å². The average molecular weight is 168 g/mol. The predicted molar refractivity (Wildman–Crippen MR) is 45.7 cm³/mol. The summed E-state index contributed by atoms with van der Waals surface area (Å²) in [7, 11) is 0. The van der Waals surface area contributed by atoms with Crippen molar-refractivity contribution in [3.63, 3.8) is 0 Å². The van der Waals surface area contributed by atoms with Gasteiger partial charge in [-0.2, -0.15) is 0 Å². The molecule has 2 aliphatic carbocycles. The number of carboxylic acids is 1. The summed E-state index contributed by atoms with van der Waals surface area (Å²) in [4.78, 5) is 10.6. The molecule has 0 heterocycles. The molecule has 0 bridgehead atoms. The van der Waals surface area contributed by atoms with Crippen LogP contribution in [0.15, 0.2) is 0 Å². The zero-order chi connectivity index (χ0) is 8.93. The van der Waals surface area contributed by atoms with Crippen molar-refractivity contribution in [1.82, 2.24) is 0 Å². The summed E-state index contributed by atoms with van der Waals surface area (Å²) in [6.07, 6.45) is 3.29. The molecule has 2 saturated carbocycles. The van der Waals surface area contributed by atoms with Crippen molar-refractivity contribution >= 4 is 5.97 Å². The Bertz CT molecular complexity index is 214. The Morgan fingerprint density at radius 3 is 2.33 bits per heavy atom. The standard InChI is InChI=1S/C10H16O2/c1-6(2)7-3-10(4-7)5-8(10)9(11)12/h6-8H,3-5H2,1-2H3,(H,11,12). The molecule has 0 aromatic rings. The van der Waals surface area contributed by atoms with Crippen LogP contribution in [0.1, 0.15) is 33.1 Å². The van der Waals surface area contributed by atoms with E-state index in [0.29, 0.717) is 0 Å². The third kappa shape index (κ3) is 0.970. The average Bonchev–Trinajstić information content (AvgIpc) is 2.56. The van der Waals surface area contributed by atoms with Crippen LogP contribution in [0.25, 0.3) is 0 Å². The Morgan fingerprint density at radius 2 is 2.00 bits per heavy atom. The van der Waals surface area contributed by atoms with Gasteiger partial charge in [-0.25, -0.2) is 0 Å². The van der Waals surface area contributed by atoms with Gasteiger partial charge in [-0.15, -0.1) is 0 Å². The first-order chi connectivity index (χ1) is 5.55. The second-order valence-corrected chi connectivity index (χ2v) is 4.87. The highest BCUT2D eigenvalue weighted by Gasteiger charge is 2.64. The van der Waals surface area contributed by atoms with Gasteiger partial charge in [-0.1, -0.05) is 13.8 Å². The molecule has 2 heteroatoms. The van der Waals surface area contributed by atoms with Gasteiger partial charge in [0.1, 0.15) is 0 Å². The second kappa shape index (κ2) is 2.24. The first kappa shape index (κ1) is 8.09. The predicted octanol–water partition coefficient (Wildman–Crippen LogP) is 2.14. The van der Waals surface area contributed by atoms with E-state index in [9.17, 15) is 4.79 Å². The summed E-state index contributed by atoms with van der Waals surface area (Å²) in [6, 6.07) is 0. The lowest BCUT2D eigenvalue weighted by Crippen LogP contribution is -2.31. The zero-order valence-electron chi connectivity index (χ0n) is 7.71. The normalized spacial score (nSPS) is 44.6. The maximum Gasteiger partial charge on any atom is 0.307 e. The summed E-state index contributed by atoms with van der Waals surface area (Å²) in [5.41, 5.74) is 0.265. The molecular formula is C10H16O2. The molecule has 1 N–H and O–H groups in total. The number of carbonyl (C=O) groups is 1. The van der Waals surface area contributed by atoms with Gasteiger partial charge in [0.15, 0.2) is 0 Å². The molecule has 2 fully saturated rings. The monoisotopic (exact) mass is 168 g/mol. The van der Waals surface area contributed by atoms with Crippen LogP contribution in [0.3, 0.4) is 0 Å². The quantitative estimate of drug-likeness (QED) is 0.686. The van der Waals surface area contributed by atoms with Gasteiger partial charge in [0.25, 0.3) is 0 Å². The van der Waals surface area contributed by atoms with E-state index < -0.39 is 5.97 Å². The topological polar surface area (TPSA) is 37.3 Å². The van der Waals surface area contributed by atoms with Crippen LogP contribution in [0, 0.1) is 23.2 Å². The summed E-state index contributed by atoms with van der Waals surface area (Å²) in [6.45, 7) is 4.46. The van der Waals surface area contributed by atoms with Gasteiger partial charge in [-0.3, -0.25) is 4.79 Å². The minimum Gasteiger partial charge on any atom is -0.481 e. The molecule has 12 heavy (non-hydrogen) atoms. The van der Waals surface area contributed by atoms with Gasteiger partial charge in [0.2, 0.25) is 0 Å². The highest BCUT2D eigenvalue weighted by atomic mass is 16.4. The van der Waals surface area contributed by atoms with Crippen LogP contribution in [0.5, 0.6) is 0 Å². The minimum absolute atomic E-state index is 0.00694. The third-order valence-corrected chi connectivity index (χ3v) is 3.77. The fourth-order valence-corrected chi connectivity index (χ4v) is 2.60. The number of aliphatic carboxylic acids is 1. The molecule has 0 saturated heterocycles. The van der Waals surface area contributed by atoms with Gasteiger partial charge in [-0.05, 0) is 36.5 Å². The summed E-state index contributed by atoms with van der Waals surface area (Å²) < 4.78 is 0. The molecule has 0 radical (unpaired) electrons. The number of hydrogen-bond acceptors (Lipinski definition) is 1. The molecule has 0 aromatic carbocycles. The van der Waals surface area contributed by atoms with Gasteiger partial charge in [0, 0.05) is 0 Å². The van der Waals surface area contributed by atoms with Crippen LogP contribution in [0.2, 0.25) is 0 Å². The lowest BCUT2D eigenvalue weighted by Gasteiger charge is -2.39. The highest BCUT2D eigenvalue weighted by molar-refractivity contribution is 5.75. The van der Waals surface area contributed by atoms with E-state index in [1.54, 1.807) is 0 Å². The summed E-state index contributed by atoms with van der Waals surface area (Å²) in [5.74, 6) is 0.977. The van der Waals surface area contributed by atoms with E-state index in [4.69, 9.17) is 5.11 Å². The molecular weight excluding hydrogens is 152 g/mol. The van der Waals surface area contributed by atoms with Crippen molar-refractivity contribution in [1.29, 1.82) is 0 Å². The van der Waals surface area contributed by atoms with E-state index in [1.165, 1.54) is 12.8 Å². The molecule has 1 unspecified atom stereocenters. The van der Waals surface area contributed by atoms with Gasteiger partial charge < -0.3 is 5.11 Å². The van der Waals surface area contributed by atoms with Crippen molar-refractivity contribution in [3.8, 4) is 0 Å². The van der Waals surface area contributed by atoms with Crippen LogP contribution in [-0.4, -0.2) is 11.1 Å². The Labute approximate surface area is 73.0 Å². The molecule has 0 aromatic heterocycles. The van der Waals surface area contributed by atoms with E-state index in [2.05, 4.69) is 13.8 Å². The smallest absolute Gasteiger partial charge is 0.307 e. The minimum atomic E-state index is -0.572. The molecule has 2 aliphatic rings. The van der Waals surface area contributed by atoms with E-state index in [0.717, 1.165) is 18.3 Å². The maximum atomic E-state index is 10.6. The third-order valence-electron chi connectivity index (χ3n) is 3.77. The van der Waals surface area contributed by atoms with E-state index >= 15 is 0 Å². The zero-order valence-corrected chi connectivity index (χ0v) is 7.71. The second-order valence-electron chi connectivity index (χ2n) is 4.87. The van der Waals surface area contributed by atoms with Crippen LogP contribution in [0.4, 0.5) is 0 Å². The lowest BCUT2D eigenvalue weighted by atomic mass is 9.66. The van der Waals surface area contributed by atoms with Crippen molar-refractivity contribution in [2.45, 2.75) is 33.1 Å². The lowest BCUT2D eigenvalue weighted by molar-refractivity contribution is -0.140. The van der Waals surface area contributed by atoms with Crippen LogP contribution in [-0.2, 0) is 4.79 Å². The molecule has 2 nitrogen and oxygen atoms in total. The SMILES string of the molecule is CC(C)C1CC2(C1)CC2C(=O)O. The maximum absolute atomic E-state index is 10.6. The summed E-state index contributed by atoms with van der Waals surface area (Å²) >= 11 is 0. The molecule has 1 atom stereocenters. The van der Waals surface area contributed by atoms with Crippen molar-refractivity contribution in [2.75, 3.05) is 0 Å². The fourth-order valence-electron chi connectivity index (χ4n) is 2.60. The van der Waals surface area contributed by atoms with Crippen molar-refractivity contribution in [3.05, 3.63) is 0 Å².